The van der Waals surface area contributed by atoms with E-state index < -0.39 is 0 Å². The minimum absolute atomic E-state index is 0.0887. The molecule has 0 aromatic heterocycles. The normalized spacial score (nSPS) is 20.2. The molecule has 2 amide bonds. The van der Waals surface area contributed by atoms with Crippen molar-refractivity contribution in [3.05, 3.63) is 54.6 Å². The van der Waals surface area contributed by atoms with E-state index in [4.69, 9.17) is 0 Å². The first-order valence-electron chi connectivity index (χ1n) is 7.53. The molecule has 0 aliphatic heterocycles. The zero-order valence-corrected chi connectivity index (χ0v) is 12.8. The first kappa shape index (κ1) is 16.0. The lowest BCUT2D eigenvalue weighted by molar-refractivity contribution is -0.132. The van der Waals surface area contributed by atoms with Gasteiger partial charge in [0.25, 0.3) is 0 Å². The highest BCUT2D eigenvalue weighted by atomic mass is 16.2. The molecule has 1 aromatic rings. The number of amides is 2. The third-order valence-electron chi connectivity index (χ3n) is 3.93. The molecule has 1 aliphatic rings. The van der Waals surface area contributed by atoms with Crippen LogP contribution < -0.4 is 10.6 Å². The maximum atomic E-state index is 12.6. The average Bonchev–Trinajstić information content (AvgIpc) is 2.54. The number of rotatable bonds is 5. The number of nitrogens with one attached hydrogen (secondary N) is 2. The van der Waals surface area contributed by atoms with Gasteiger partial charge in [-0.15, -0.1) is 6.58 Å². The van der Waals surface area contributed by atoms with Gasteiger partial charge in [-0.25, -0.2) is 0 Å². The quantitative estimate of drug-likeness (QED) is 0.821. The van der Waals surface area contributed by atoms with E-state index in [1.807, 2.05) is 43.3 Å². The predicted octanol–water partition coefficient (Wildman–Crippen LogP) is 2.82. The first-order valence-corrected chi connectivity index (χ1v) is 7.53. The van der Waals surface area contributed by atoms with Gasteiger partial charge in [-0.3, -0.25) is 9.59 Å². The Kier molecular flexibility index (Phi) is 5.53. The Labute approximate surface area is 131 Å². The lowest BCUT2D eigenvalue weighted by atomic mass is 9.81. The highest BCUT2D eigenvalue weighted by Gasteiger charge is 2.33. The molecule has 0 saturated carbocycles. The van der Waals surface area contributed by atoms with Crippen LogP contribution in [0.4, 0.5) is 5.69 Å². The average molecular weight is 298 g/mol. The van der Waals surface area contributed by atoms with Crippen LogP contribution in [0.2, 0.25) is 0 Å². The maximum Gasteiger partial charge on any atom is 0.228 e. The van der Waals surface area contributed by atoms with Crippen LogP contribution in [0.5, 0.6) is 0 Å². The van der Waals surface area contributed by atoms with E-state index in [0.29, 0.717) is 19.4 Å². The number of carbonyl (C=O) groups is 2. The van der Waals surface area contributed by atoms with Crippen LogP contribution in [-0.4, -0.2) is 18.4 Å². The van der Waals surface area contributed by atoms with Crippen LogP contribution in [0.1, 0.15) is 18.4 Å². The number of benzene rings is 1. The molecule has 1 aromatic carbocycles. The van der Waals surface area contributed by atoms with Crippen LogP contribution in [-0.2, 0) is 9.59 Å². The fraction of sp³-hybridized carbons (Fsp3) is 0.333. The van der Waals surface area contributed by atoms with Crippen molar-refractivity contribution in [3.63, 3.8) is 0 Å². The molecule has 0 fully saturated rings. The molecule has 2 N–H and O–H groups in total. The Morgan fingerprint density at radius 2 is 1.82 bits per heavy atom. The van der Waals surface area contributed by atoms with E-state index in [9.17, 15) is 9.59 Å². The Morgan fingerprint density at radius 1 is 1.18 bits per heavy atom. The second-order valence-electron chi connectivity index (χ2n) is 5.49. The van der Waals surface area contributed by atoms with Gasteiger partial charge in [0, 0.05) is 12.2 Å². The zero-order valence-electron chi connectivity index (χ0n) is 12.8. The Bertz CT molecular complexity index is 593. The van der Waals surface area contributed by atoms with E-state index in [0.717, 1.165) is 11.3 Å². The topological polar surface area (TPSA) is 58.2 Å². The minimum atomic E-state index is -0.338. The van der Waals surface area contributed by atoms with Crippen molar-refractivity contribution in [2.45, 2.75) is 19.8 Å². The van der Waals surface area contributed by atoms with Gasteiger partial charge in [0.05, 0.1) is 11.8 Å². The monoisotopic (exact) mass is 298 g/mol. The lowest BCUT2D eigenvalue weighted by Gasteiger charge is -2.26. The fourth-order valence-corrected chi connectivity index (χ4v) is 2.64. The summed E-state index contributed by atoms with van der Waals surface area (Å²) in [6.45, 7) is 5.96. The van der Waals surface area contributed by atoms with Crippen molar-refractivity contribution in [2.24, 2.45) is 11.8 Å². The summed E-state index contributed by atoms with van der Waals surface area (Å²) >= 11 is 0. The number of para-hydroxylation sites is 1. The number of hydrogen-bond acceptors (Lipinski definition) is 2. The summed E-state index contributed by atoms with van der Waals surface area (Å²) in [5, 5.41) is 5.74. The van der Waals surface area contributed by atoms with E-state index in [2.05, 4.69) is 17.2 Å². The zero-order chi connectivity index (χ0) is 15.9. The van der Waals surface area contributed by atoms with Gasteiger partial charge < -0.3 is 10.6 Å². The van der Waals surface area contributed by atoms with Crippen LogP contribution in [0.25, 0.3) is 0 Å². The van der Waals surface area contributed by atoms with E-state index in [-0.39, 0.29) is 23.7 Å². The van der Waals surface area contributed by atoms with Gasteiger partial charge in [-0.05, 0) is 31.4 Å². The van der Waals surface area contributed by atoms with Crippen molar-refractivity contribution >= 4 is 17.5 Å². The number of carbonyl (C=O) groups excluding carboxylic acids is 2. The summed E-state index contributed by atoms with van der Waals surface area (Å²) < 4.78 is 0. The summed E-state index contributed by atoms with van der Waals surface area (Å²) in [5.41, 5.74) is 1.81. The smallest absolute Gasteiger partial charge is 0.228 e. The molecule has 0 saturated heterocycles. The molecule has 2 rings (SSSR count). The predicted molar refractivity (Wildman–Crippen MR) is 88.4 cm³/mol. The molecule has 0 heterocycles. The van der Waals surface area contributed by atoms with Crippen molar-refractivity contribution in [1.82, 2.24) is 5.32 Å². The highest BCUT2D eigenvalue weighted by Crippen LogP contribution is 2.27. The molecule has 1 aliphatic carbocycles. The van der Waals surface area contributed by atoms with Gasteiger partial charge in [-0.2, -0.15) is 0 Å². The SMILES string of the molecule is C=CCNC(=O)[C@@H]1CC=CC[C@H]1C(=O)Nc1ccccc1C. The third-order valence-corrected chi connectivity index (χ3v) is 3.93. The standard InChI is InChI=1S/C18H22N2O2/c1-3-12-19-17(21)14-9-5-6-10-15(14)18(22)20-16-11-7-4-8-13(16)2/h3-8,11,14-15H,1,9-10,12H2,2H3,(H,19,21)(H,20,22)/t14-,15-/m1/s1. The molecule has 0 spiro atoms. The maximum absolute atomic E-state index is 12.6. The minimum Gasteiger partial charge on any atom is -0.352 e. The Hall–Kier alpha value is -2.36. The summed E-state index contributed by atoms with van der Waals surface area (Å²) in [6, 6.07) is 7.64. The van der Waals surface area contributed by atoms with Crippen molar-refractivity contribution < 1.29 is 9.59 Å². The molecular weight excluding hydrogens is 276 g/mol. The third kappa shape index (κ3) is 3.85. The number of anilines is 1. The van der Waals surface area contributed by atoms with Gasteiger partial charge >= 0.3 is 0 Å². The second kappa shape index (κ2) is 7.59. The van der Waals surface area contributed by atoms with Crippen molar-refractivity contribution in [2.75, 3.05) is 11.9 Å². The molecule has 22 heavy (non-hydrogen) atoms. The first-order chi connectivity index (χ1) is 10.6. The molecular formula is C18H22N2O2. The fourth-order valence-electron chi connectivity index (χ4n) is 2.64. The Morgan fingerprint density at radius 3 is 2.45 bits per heavy atom. The number of allylic oxidation sites excluding steroid dienone is 2. The summed E-state index contributed by atoms with van der Waals surface area (Å²) in [7, 11) is 0. The Balaban J connectivity index is 2.09. The van der Waals surface area contributed by atoms with Gasteiger partial charge in [-0.1, -0.05) is 36.4 Å². The van der Waals surface area contributed by atoms with Crippen molar-refractivity contribution in [3.8, 4) is 0 Å². The second-order valence-corrected chi connectivity index (χ2v) is 5.49. The van der Waals surface area contributed by atoms with Gasteiger partial charge in [0.15, 0.2) is 0 Å². The van der Waals surface area contributed by atoms with Crippen LogP contribution in [0.15, 0.2) is 49.1 Å². The molecule has 4 nitrogen and oxygen atoms in total. The summed E-state index contributed by atoms with van der Waals surface area (Å²) in [6.07, 6.45) is 6.76. The van der Waals surface area contributed by atoms with Crippen molar-refractivity contribution in [1.29, 1.82) is 0 Å². The largest absolute Gasteiger partial charge is 0.352 e. The highest BCUT2D eigenvalue weighted by molar-refractivity contribution is 5.96. The number of aryl methyl sites for hydroxylation is 1. The van der Waals surface area contributed by atoms with E-state index in [1.54, 1.807) is 6.08 Å². The molecule has 0 radical (unpaired) electrons. The molecule has 2 atom stereocenters. The van der Waals surface area contributed by atoms with E-state index >= 15 is 0 Å². The molecule has 0 bridgehead atoms. The van der Waals surface area contributed by atoms with Crippen LogP contribution in [0, 0.1) is 18.8 Å². The summed E-state index contributed by atoms with van der Waals surface area (Å²) in [5.74, 6) is -0.852. The van der Waals surface area contributed by atoms with Gasteiger partial charge in [0.1, 0.15) is 0 Å². The van der Waals surface area contributed by atoms with Crippen LogP contribution >= 0.6 is 0 Å². The molecule has 0 unspecified atom stereocenters. The van der Waals surface area contributed by atoms with E-state index in [1.165, 1.54) is 0 Å². The molecule has 116 valence electrons. The lowest BCUT2D eigenvalue weighted by Crippen LogP contribution is -2.40. The molecule has 4 heteroatoms. The van der Waals surface area contributed by atoms with Gasteiger partial charge in [0.2, 0.25) is 11.8 Å². The number of hydrogen-bond donors (Lipinski definition) is 2. The van der Waals surface area contributed by atoms with Crippen LogP contribution in [0.3, 0.4) is 0 Å². The summed E-state index contributed by atoms with van der Waals surface area (Å²) in [4.78, 5) is 24.8.